The average molecular weight is 237 g/mol. The number of benzene rings is 1. The fourth-order valence-corrected chi connectivity index (χ4v) is 1.35. The average Bonchev–Trinajstić information content (AvgIpc) is 2.74. The molecule has 0 unspecified atom stereocenters. The Balaban J connectivity index is 2.16. The van der Waals surface area contributed by atoms with E-state index in [1.54, 1.807) is 0 Å². The number of hydrogen-bond acceptors (Lipinski definition) is 5. The van der Waals surface area contributed by atoms with Crippen molar-refractivity contribution in [1.29, 1.82) is 0 Å². The fraction of sp³-hybridized carbons (Fsp3) is 0.200. The third kappa shape index (κ3) is 2.47. The monoisotopic (exact) mass is 237 g/mol. The Kier molecular flexibility index (Phi) is 3.33. The van der Waals surface area contributed by atoms with E-state index in [1.807, 2.05) is 24.3 Å². The van der Waals surface area contributed by atoms with Crippen LogP contribution < -0.4 is 10.5 Å². The Morgan fingerprint density at radius 1 is 1.38 bits per heavy atom. The summed E-state index contributed by atoms with van der Waals surface area (Å²) in [6, 6.07) is 7.36. The molecule has 0 fully saturated rings. The van der Waals surface area contributed by atoms with Crippen LogP contribution in [0.5, 0.6) is 5.75 Å². The van der Waals surface area contributed by atoms with Crippen LogP contribution in [0.15, 0.2) is 28.7 Å². The first-order chi connectivity index (χ1) is 7.79. The van der Waals surface area contributed by atoms with Gasteiger partial charge in [-0.3, -0.25) is 0 Å². The van der Waals surface area contributed by atoms with E-state index in [-0.39, 0.29) is 4.84 Å². The zero-order chi connectivity index (χ0) is 11.4. The molecule has 0 aliphatic carbocycles. The van der Waals surface area contributed by atoms with Crippen molar-refractivity contribution in [2.75, 3.05) is 13.2 Å². The summed E-state index contributed by atoms with van der Waals surface area (Å²) in [5.41, 5.74) is 6.17. The molecule has 2 aromatic rings. The molecule has 1 aromatic carbocycles. The molecular formula is C10H11N3O2S. The van der Waals surface area contributed by atoms with E-state index in [4.69, 9.17) is 27.1 Å². The number of H-pyrrole nitrogens is 1. The molecule has 0 spiro atoms. The minimum atomic E-state index is 0.262. The number of nitrogens with zero attached hydrogens (tertiary/aromatic N) is 1. The highest BCUT2D eigenvalue weighted by atomic mass is 32.1. The number of nitrogens with one attached hydrogen (secondary N) is 1. The Morgan fingerprint density at radius 2 is 2.12 bits per heavy atom. The molecule has 0 aliphatic heterocycles. The van der Waals surface area contributed by atoms with Gasteiger partial charge in [-0.25, -0.2) is 5.10 Å². The Morgan fingerprint density at radius 3 is 2.69 bits per heavy atom. The van der Waals surface area contributed by atoms with Gasteiger partial charge in [-0.15, -0.1) is 5.10 Å². The Hall–Kier alpha value is -1.66. The summed E-state index contributed by atoms with van der Waals surface area (Å²) in [6.45, 7) is 0.998. The van der Waals surface area contributed by atoms with E-state index < -0.39 is 0 Å². The largest absolute Gasteiger partial charge is 0.492 e. The molecule has 0 aliphatic rings. The van der Waals surface area contributed by atoms with Gasteiger partial charge in [-0.1, -0.05) is 0 Å². The van der Waals surface area contributed by atoms with Gasteiger partial charge in [0.15, 0.2) is 0 Å². The standard InChI is InChI=1S/C10H11N3O2S/c11-5-6-14-8-3-1-7(2-4-8)9-12-13-10(16)15-9/h1-4H,5-6,11H2,(H,13,16). The van der Waals surface area contributed by atoms with Gasteiger partial charge in [0, 0.05) is 12.1 Å². The first kappa shape index (κ1) is 10.8. The minimum Gasteiger partial charge on any atom is -0.492 e. The molecule has 16 heavy (non-hydrogen) atoms. The zero-order valence-corrected chi connectivity index (χ0v) is 9.29. The van der Waals surface area contributed by atoms with E-state index >= 15 is 0 Å². The predicted molar refractivity (Wildman–Crippen MR) is 61.7 cm³/mol. The highest BCUT2D eigenvalue weighted by Gasteiger charge is 2.03. The summed E-state index contributed by atoms with van der Waals surface area (Å²) in [5.74, 6) is 1.23. The normalized spacial score (nSPS) is 10.3. The summed E-state index contributed by atoms with van der Waals surface area (Å²) in [6.07, 6.45) is 0. The molecule has 5 nitrogen and oxygen atoms in total. The van der Waals surface area contributed by atoms with Gasteiger partial charge >= 0.3 is 0 Å². The second kappa shape index (κ2) is 4.91. The lowest BCUT2D eigenvalue weighted by Gasteiger charge is -2.03. The predicted octanol–water partition coefficient (Wildman–Crippen LogP) is 1.74. The van der Waals surface area contributed by atoms with Crippen molar-refractivity contribution >= 4 is 12.2 Å². The number of nitrogens with two attached hydrogens (primary N) is 1. The highest BCUT2D eigenvalue weighted by molar-refractivity contribution is 7.71. The smallest absolute Gasteiger partial charge is 0.284 e. The molecule has 0 atom stereocenters. The van der Waals surface area contributed by atoms with Crippen LogP contribution in [0, 0.1) is 4.84 Å². The zero-order valence-electron chi connectivity index (χ0n) is 8.47. The summed E-state index contributed by atoms with van der Waals surface area (Å²) < 4.78 is 10.5. The van der Waals surface area contributed by atoms with Crippen LogP contribution in [-0.4, -0.2) is 23.3 Å². The molecular weight excluding hydrogens is 226 g/mol. The van der Waals surface area contributed by atoms with Gasteiger partial charge in [0.05, 0.1) is 0 Å². The SMILES string of the molecule is NCCOc1ccc(-c2n[nH]c(=S)o2)cc1. The van der Waals surface area contributed by atoms with Gasteiger partial charge in [0.2, 0.25) is 5.89 Å². The lowest BCUT2D eigenvalue weighted by Crippen LogP contribution is -2.10. The van der Waals surface area contributed by atoms with Crippen molar-refractivity contribution in [2.24, 2.45) is 5.73 Å². The molecule has 2 rings (SSSR count). The third-order valence-corrected chi connectivity index (χ3v) is 2.10. The van der Waals surface area contributed by atoms with Crippen LogP contribution in [0.25, 0.3) is 11.5 Å². The summed E-state index contributed by atoms with van der Waals surface area (Å²) in [5, 5.41) is 6.49. The number of ether oxygens (including phenoxy) is 1. The van der Waals surface area contributed by atoms with Crippen molar-refractivity contribution in [3.05, 3.63) is 29.1 Å². The van der Waals surface area contributed by atoms with Gasteiger partial charge in [-0.05, 0) is 36.5 Å². The number of aromatic amines is 1. The van der Waals surface area contributed by atoms with Crippen LogP contribution in [0.1, 0.15) is 0 Å². The third-order valence-electron chi connectivity index (χ3n) is 1.93. The maximum Gasteiger partial charge on any atom is 0.284 e. The highest BCUT2D eigenvalue weighted by Crippen LogP contribution is 2.20. The van der Waals surface area contributed by atoms with E-state index in [0.717, 1.165) is 11.3 Å². The van der Waals surface area contributed by atoms with Crippen molar-refractivity contribution < 1.29 is 9.15 Å². The summed E-state index contributed by atoms with van der Waals surface area (Å²) >= 11 is 4.79. The van der Waals surface area contributed by atoms with Crippen LogP contribution in [0.2, 0.25) is 0 Å². The molecule has 6 heteroatoms. The van der Waals surface area contributed by atoms with Gasteiger partial charge in [-0.2, -0.15) is 0 Å². The number of rotatable bonds is 4. The lowest BCUT2D eigenvalue weighted by molar-refractivity contribution is 0.328. The fourth-order valence-electron chi connectivity index (χ4n) is 1.22. The molecule has 0 bridgehead atoms. The molecule has 0 amide bonds. The van der Waals surface area contributed by atoms with Crippen molar-refractivity contribution in [3.8, 4) is 17.2 Å². The van der Waals surface area contributed by atoms with E-state index in [2.05, 4.69) is 10.2 Å². The van der Waals surface area contributed by atoms with Gasteiger partial charge in [0.1, 0.15) is 12.4 Å². The van der Waals surface area contributed by atoms with Crippen molar-refractivity contribution in [3.63, 3.8) is 0 Å². The quantitative estimate of drug-likeness (QED) is 0.792. The molecule has 84 valence electrons. The second-order valence-electron chi connectivity index (χ2n) is 3.08. The summed E-state index contributed by atoms with van der Waals surface area (Å²) in [7, 11) is 0. The van der Waals surface area contributed by atoms with Crippen molar-refractivity contribution in [2.45, 2.75) is 0 Å². The molecule has 0 radical (unpaired) electrons. The molecule has 0 saturated carbocycles. The topological polar surface area (TPSA) is 77.1 Å². The first-order valence-corrected chi connectivity index (χ1v) is 5.19. The van der Waals surface area contributed by atoms with Crippen LogP contribution in [0.4, 0.5) is 0 Å². The molecule has 0 saturated heterocycles. The number of hydrogen-bond donors (Lipinski definition) is 2. The van der Waals surface area contributed by atoms with Crippen molar-refractivity contribution in [1.82, 2.24) is 10.2 Å². The number of aromatic nitrogens is 2. The minimum absolute atomic E-state index is 0.262. The Bertz CT molecular complexity index is 503. The van der Waals surface area contributed by atoms with Crippen LogP contribution in [0.3, 0.4) is 0 Å². The first-order valence-electron chi connectivity index (χ1n) is 4.78. The maximum absolute atomic E-state index is 5.35. The van der Waals surface area contributed by atoms with E-state index in [9.17, 15) is 0 Å². The van der Waals surface area contributed by atoms with Crippen LogP contribution >= 0.6 is 12.2 Å². The van der Waals surface area contributed by atoms with E-state index in [0.29, 0.717) is 19.0 Å². The lowest BCUT2D eigenvalue weighted by atomic mass is 10.2. The van der Waals surface area contributed by atoms with Gasteiger partial charge in [0.25, 0.3) is 4.84 Å². The Labute approximate surface area is 97.2 Å². The molecule has 3 N–H and O–H groups in total. The maximum atomic E-state index is 5.35. The molecule has 1 heterocycles. The van der Waals surface area contributed by atoms with Crippen LogP contribution in [-0.2, 0) is 0 Å². The summed E-state index contributed by atoms with van der Waals surface area (Å²) in [4.78, 5) is 0.262. The van der Waals surface area contributed by atoms with Gasteiger partial charge < -0.3 is 14.9 Å². The molecule has 1 aromatic heterocycles. The van der Waals surface area contributed by atoms with E-state index in [1.165, 1.54) is 0 Å². The second-order valence-corrected chi connectivity index (χ2v) is 3.45.